The van der Waals surface area contributed by atoms with E-state index in [0.29, 0.717) is 35.8 Å². The third-order valence-electron chi connectivity index (χ3n) is 4.49. The van der Waals surface area contributed by atoms with Crippen molar-refractivity contribution in [1.29, 1.82) is 0 Å². The quantitative estimate of drug-likeness (QED) is 0.244. The first kappa shape index (κ1) is 25.8. The maximum absolute atomic E-state index is 12.3. The first-order valence-corrected chi connectivity index (χ1v) is 10.2. The fourth-order valence-electron chi connectivity index (χ4n) is 2.70. The lowest BCUT2D eigenvalue weighted by atomic mass is 10.2. The van der Waals surface area contributed by atoms with Crippen LogP contribution in [0.2, 0.25) is 0 Å². The van der Waals surface area contributed by atoms with Crippen LogP contribution in [0.25, 0.3) is 0 Å². The minimum absolute atomic E-state index is 0.171. The molecule has 33 heavy (non-hydrogen) atoms. The van der Waals surface area contributed by atoms with Crippen molar-refractivity contribution in [1.82, 2.24) is 0 Å². The molecule has 2 rings (SSSR count). The monoisotopic (exact) mass is 464 g/mol. The van der Waals surface area contributed by atoms with Crippen molar-refractivity contribution in [3.8, 4) is 23.0 Å². The van der Waals surface area contributed by atoms with E-state index in [1.165, 1.54) is 52.7 Å². The zero-order valence-electron chi connectivity index (χ0n) is 19.2. The average molecular weight is 464 g/mol. The number of carbonyl (C=O) groups is 2. The number of carbonyl (C=O) groups excluding carboxylic acids is 2. The third-order valence-corrected chi connectivity index (χ3v) is 4.49. The second-order valence-electron chi connectivity index (χ2n) is 6.65. The van der Waals surface area contributed by atoms with Crippen molar-refractivity contribution in [3.63, 3.8) is 0 Å². The minimum atomic E-state index is -1.13. The standard InChI is InChI=1S/C23H28O10/c1-6-7-8-21(30-32-22(24)15-9-11-17(26-2)19(13-15)28-4)31-33-23(25)16-10-12-18(27-3)20(14-16)29-5/h9-14,21H,6-8H2,1-5H3. The molecule has 0 heterocycles. The normalized spacial score (nSPS) is 10.5. The van der Waals surface area contributed by atoms with Gasteiger partial charge in [0.05, 0.1) is 39.6 Å². The van der Waals surface area contributed by atoms with Crippen LogP contribution in [-0.4, -0.2) is 46.7 Å². The lowest BCUT2D eigenvalue weighted by Crippen LogP contribution is -2.22. The Bertz CT molecular complexity index is 856. The molecule has 2 aromatic rings. The van der Waals surface area contributed by atoms with E-state index in [-0.39, 0.29) is 11.1 Å². The predicted octanol–water partition coefficient (Wildman–Crippen LogP) is 4.11. The lowest BCUT2D eigenvalue weighted by molar-refractivity contribution is -0.421. The van der Waals surface area contributed by atoms with Gasteiger partial charge in [-0.2, -0.15) is 0 Å². The molecule has 0 N–H and O–H groups in total. The van der Waals surface area contributed by atoms with Crippen molar-refractivity contribution in [2.75, 3.05) is 28.4 Å². The first-order valence-electron chi connectivity index (χ1n) is 10.2. The number of unbranched alkanes of at least 4 members (excludes halogenated alkanes) is 1. The third kappa shape index (κ3) is 7.26. The highest BCUT2D eigenvalue weighted by Crippen LogP contribution is 2.29. The van der Waals surface area contributed by atoms with Crippen LogP contribution in [0, 0.1) is 0 Å². The largest absolute Gasteiger partial charge is 0.493 e. The summed E-state index contributed by atoms with van der Waals surface area (Å²) in [4.78, 5) is 44.6. The van der Waals surface area contributed by atoms with E-state index >= 15 is 0 Å². The van der Waals surface area contributed by atoms with Gasteiger partial charge in [0.2, 0.25) is 6.29 Å². The zero-order chi connectivity index (χ0) is 24.2. The molecular formula is C23H28O10. The summed E-state index contributed by atoms with van der Waals surface area (Å²) in [6.45, 7) is 1.96. The summed E-state index contributed by atoms with van der Waals surface area (Å²) in [6, 6.07) is 9.00. The molecule has 0 aliphatic carbocycles. The molecule has 0 atom stereocenters. The van der Waals surface area contributed by atoms with Gasteiger partial charge in [-0.3, -0.25) is 9.78 Å². The molecule has 0 unspecified atom stereocenters. The Hall–Kier alpha value is -3.50. The number of methoxy groups -OCH3 is 4. The highest BCUT2D eigenvalue weighted by Gasteiger charge is 2.21. The van der Waals surface area contributed by atoms with Gasteiger partial charge >= 0.3 is 11.9 Å². The van der Waals surface area contributed by atoms with Crippen LogP contribution in [0.1, 0.15) is 46.9 Å². The average Bonchev–Trinajstić information content (AvgIpc) is 2.86. The highest BCUT2D eigenvalue weighted by atomic mass is 17.3. The van der Waals surface area contributed by atoms with Gasteiger partial charge < -0.3 is 18.9 Å². The van der Waals surface area contributed by atoms with Crippen LogP contribution in [0.15, 0.2) is 36.4 Å². The van der Waals surface area contributed by atoms with Crippen molar-refractivity contribution >= 4 is 11.9 Å². The topological polar surface area (TPSA) is 108 Å². The van der Waals surface area contributed by atoms with E-state index in [1.807, 2.05) is 6.92 Å². The number of benzene rings is 2. The van der Waals surface area contributed by atoms with Gasteiger partial charge in [-0.1, -0.05) is 13.3 Å². The van der Waals surface area contributed by atoms with E-state index in [2.05, 4.69) is 0 Å². The van der Waals surface area contributed by atoms with Gasteiger partial charge in [0.1, 0.15) is 0 Å². The van der Waals surface area contributed by atoms with Crippen LogP contribution in [-0.2, 0) is 19.6 Å². The number of rotatable bonds is 13. The Balaban J connectivity index is 1.99. The van der Waals surface area contributed by atoms with Gasteiger partial charge in [-0.05, 0) is 42.8 Å². The molecule has 10 heteroatoms. The second-order valence-corrected chi connectivity index (χ2v) is 6.65. The summed E-state index contributed by atoms with van der Waals surface area (Å²) >= 11 is 0. The van der Waals surface area contributed by atoms with Gasteiger partial charge in [0.25, 0.3) is 0 Å². The zero-order valence-corrected chi connectivity index (χ0v) is 19.2. The number of hydrogen-bond donors (Lipinski definition) is 0. The van der Waals surface area contributed by atoms with E-state index in [9.17, 15) is 9.59 Å². The first-order chi connectivity index (χ1) is 16.0. The molecule has 180 valence electrons. The summed E-state index contributed by atoms with van der Waals surface area (Å²) in [5.41, 5.74) is 0.341. The number of ether oxygens (including phenoxy) is 4. The van der Waals surface area contributed by atoms with Crippen molar-refractivity contribution in [3.05, 3.63) is 47.5 Å². The molecule has 10 nitrogen and oxygen atoms in total. The predicted molar refractivity (Wildman–Crippen MR) is 115 cm³/mol. The molecule has 0 radical (unpaired) electrons. The van der Waals surface area contributed by atoms with Crippen LogP contribution in [0.3, 0.4) is 0 Å². The lowest BCUT2D eigenvalue weighted by Gasteiger charge is -2.15. The Morgan fingerprint density at radius 1 is 0.697 bits per heavy atom. The molecule has 0 aromatic heterocycles. The van der Waals surface area contributed by atoms with Crippen molar-refractivity contribution < 1.29 is 48.1 Å². The molecule has 0 saturated carbocycles. The fourth-order valence-corrected chi connectivity index (χ4v) is 2.70. The second kappa shape index (κ2) is 13.1. The molecule has 0 spiro atoms. The summed E-state index contributed by atoms with van der Waals surface area (Å²) in [5, 5.41) is 0. The summed E-state index contributed by atoms with van der Waals surface area (Å²) in [7, 11) is 5.87. The van der Waals surface area contributed by atoms with Gasteiger partial charge in [-0.25, -0.2) is 9.59 Å². The maximum Gasteiger partial charge on any atom is 0.373 e. The van der Waals surface area contributed by atoms with Crippen LogP contribution in [0.5, 0.6) is 23.0 Å². The van der Waals surface area contributed by atoms with Crippen molar-refractivity contribution in [2.24, 2.45) is 0 Å². The van der Waals surface area contributed by atoms with E-state index in [4.69, 9.17) is 38.5 Å². The molecule has 0 aliphatic rings. The van der Waals surface area contributed by atoms with E-state index < -0.39 is 18.2 Å². The highest BCUT2D eigenvalue weighted by molar-refractivity contribution is 5.90. The Kier molecular flexibility index (Phi) is 10.3. The van der Waals surface area contributed by atoms with Gasteiger partial charge in [-0.15, -0.1) is 9.78 Å². The van der Waals surface area contributed by atoms with E-state index in [1.54, 1.807) is 12.1 Å². The summed E-state index contributed by atoms with van der Waals surface area (Å²) in [5.74, 6) is 0.0612. The Labute approximate surface area is 192 Å². The molecule has 0 amide bonds. The fraction of sp³-hybridized carbons (Fsp3) is 0.391. The maximum atomic E-state index is 12.3. The molecule has 0 aliphatic heterocycles. The molecule has 0 fully saturated rings. The SMILES string of the molecule is CCCCC(OOC(=O)c1ccc(OC)c(OC)c1)OOC(=O)c1ccc(OC)c(OC)c1. The molecular weight excluding hydrogens is 436 g/mol. The van der Waals surface area contributed by atoms with Gasteiger partial charge in [0.15, 0.2) is 23.0 Å². The van der Waals surface area contributed by atoms with Crippen LogP contribution >= 0.6 is 0 Å². The number of hydrogen-bond acceptors (Lipinski definition) is 10. The van der Waals surface area contributed by atoms with E-state index in [0.717, 1.165) is 6.42 Å². The summed E-state index contributed by atoms with van der Waals surface area (Å²) < 4.78 is 20.6. The Morgan fingerprint density at radius 3 is 1.48 bits per heavy atom. The molecule has 2 aromatic carbocycles. The molecule has 0 saturated heterocycles. The Morgan fingerprint density at radius 2 is 1.12 bits per heavy atom. The smallest absolute Gasteiger partial charge is 0.373 e. The van der Waals surface area contributed by atoms with Crippen molar-refractivity contribution in [2.45, 2.75) is 32.5 Å². The summed E-state index contributed by atoms with van der Waals surface area (Å²) in [6.07, 6.45) is 0.677. The minimum Gasteiger partial charge on any atom is -0.493 e. The van der Waals surface area contributed by atoms with Crippen LogP contribution < -0.4 is 18.9 Å². The van der Waals surface area contributed by atoms with Crippen LogP contribution in [0.4, 0.5) is 0 Å². The van der Waals surface area contributed by atoms with Gasteiger partial charge in [0, 0.05) is 6.42 Å². The molecule has 0 bridgehead atoms.